The molecule has 6 heteroatoms. The summed E-state index contributed by atoms with van der Waals surface area (Å²) in [6.07, 6.45) is 3.17. The molecule has 0 unspecified atom stereocenters. The normalized spacial score (nSPS) is 16.6. The van der Waals surface area contributed by atoms with Gasteiger partial charge < -0.3 is 14.4 Å². The minimum Gasteiger partial charge on any atom is -0.481 e. The molecule has 0 saturated heterocycles. The minimum absolute atomic E-state index is 0.277. The molecular weight excluding hydrogens is 246 g/mol. The molecule has 19 heavy (non-hydrogen) atoms. The van der Waals surface area contributed by atoms with Crippen molar-refractivity contribution in [1.82, 2.24) is 14.5 Å². The largest absolute Gasteiger partial charge is 0.481 e. The van der Waals surface area contributed by atoms with E-state index in [4.69, 9.17) is 4.74 Å². The molecule has 1 saturated carbocycles. The highest BCUT2D eigenvalue weighted by Crippen LogP contribution is 2.50. The zero-order valence-corrected chi connectivity index (χ0v) is 11.1. The highest BCUT2D eigenvalue weighted by atomic mass is 16.5. The fraction of sp³-hybridized carbons (Fsp3) is 0.462. The van der Waals surface area contributed by atoms with Crippen molar-refractivity contribution >= 4 is 17.0 Å². The van der Waals surface area contributed by atoms with Crippen molar-refractivity contribution < 1.29 is 14.6 Å². The average molecular weight is 261 g/mol. The Hall–Kier alpha value is -2.11. The van der Waals surface area contributed by atoms with Crippen LogP contribution in [-0.4, -0.2) is 32.7 Å². The van der Waals surface area contributed by atoms with E-state index in [0.29, 0.717) is 18.4 Å². The molecule has 0 aromatic carbocycles. The molecule has 1 aliphatic carbocycles. The van der Waals surface area contributed by atoms with Gasteiger partial charge >= 0.3 is 12.0 Å². The van der Waals surface area contributed by atoms with Crippen LogP contribution in [0.3, 0.4) is 0 Å². The number of carboxylic acid groups (broad SMARTS) is 1. The first-order valence-electron chi connectivity index (χ1n) is 6.11. The van der Waals surface area contributed by atoms with Crippen molar-refractivity contribution in [2.24, 2.45) is 7.05 Å². The van der Waals surface area contributed by atoms with Gasteiger partial charge in [-0.05, 0) is 19.8 Å². The van der Waals surface area contributed by atoms with Crippen LogP contribution in [0.1, 0.15) is 24.1 Å². The van der Waals surface area contributed by atoms with Crippen molar-refractivity contribution in [2.45, 2.75) is 25.2 Å². The monoisotopic (exact) mass is 261 g/mol. The lowest BCUT2D eigenvalue weighted by Gasteiger charge is -2.08. The summed E-state index contributed by atoms with van der Waals surface area (Å²) in [7, 11) is 3.39. The first kappa shape index (κ1) is 12.0. The number of methoxy groups -OCH3 is 1. The summed E-state index contributed by atoms with van der Waals surface area (Å²) in [4.78, 5) is 20.1. The lowest BCUT2D eigenvalue weighted by molar-refractivity contribution is -0.140. The second kappa shape index (κ2) is 3.69. The molecule has 0 atom stereocenters. The molecule has 3 rings (SSSR count). The van der Waals surface area contributed by atoms with Gasteiger partial charge in [0.05, 0.1) is 23.7 Å². The summed E-state index contributed by atoms with van der Waals surface area (Å²) in [5, 5.41) is 9.44. The number of carbonyl (C=O) groups is 1. The number of ether oxygens (including phenoxy) is 1. The van der Waals surface area contributed by atoms with Crippen molar-refractivity contribution in [3.05, 3.63) is 17.5 Å². The summed E-state index contributed by atoms with van der Waals surface area (Å²) in [5.74, 6) is -0.782. The van der Waals surface area contributed by atoms with Gasteiger partial charge in [-0.2, -0.15) is 9.97 Å². The minimum atomic E-state index is -0.782. The number of hydrogen-bond acceptors (Lipinski definition) is 4. The number of aliphatic carboxylic acids is 1. The highest BCUT2D eigenvalue weighted by molar-refractivity contribution is 5.93. The second-order valence-corrected chi connectivity index (χ2v) is 5.03. The molecule has 6 nitrogen and oxygen atoms in total. The molecule has 2 heterocycles. The van der Waals surface area contributed by atoms with Crippen LogP contribution in [0.2, 0.25) is 0 Å². The van der Waals surface area contributed by atoms with Crippen molar-refractivity contribution in [2.75, 3.05) is 7.11 Å². The maximum absolute atomic E-state index is 11.5. The Balaban J connectivity index is 2.32. The number of rotatable bonds is 3. The molecule has 0 radical (unpaired) electrons. The number of nitrogens with zero attached hydrogens (tertiary/aromatic N) is 3. The predicted octanol–water partition coefficient (Wildman–Crippen LogP) is 1.40. The highest BCUT2D eigenvalue weighted by Gasteiger charge is 2.53. The maximum Gasteiger partial charge on any atom is 0.317 e. The molecule has 0 bridgehead atoms. The lowest BCUT2D eigenvalue weighted by atomic mass is 9.98. The van der Waals surface area contributed by atoms with E-state index in [0.717, 1.165) is 16.8 Å². The Bertz CT molecular complexity index is 686. The van der Waals surface area contributed by atoms with Crippen LogP contribution in [0.5, 0.6) is 6.01 Å². The molecule has 100 valence electrons. The van der Waals surface area contributed by atoms with Crippen molar-refractivity contribution in [3.63, 3.8) is 0 Å². The van der Waals surface area contributed by atoms with Gasteiger partial charge in [0.15, 0.2) is 0 Å². The molecule has 1 N–H and O–H groups in total. The zero-order chi connectivity index (χ0) is 13.8. The number of fused-ring (bicyclic) bond motifs is 1. The van der Waals surface area contributed by atoms with Crippen LogP contribution in [0, 0.1) is 6.92 Å². The van der Waals surface area contributed by atoms with E-state index in [-0.39, 0.29) is 6.01 Å². The van der Waals surface area contributed by atoms with Gasteiger partial charge in [0, 0.05) is 18.8 Å². The Labute approximate surface area is 110 Å². The van der Waals surface area contributed by atoms with E-state index in [2.05, 4.69) is 9.97 Å². The van der Waals surface area contributed by atoms with Crippen LogP contribution in [0.15, 0.2) is 6.20 Å². The lowest BCUT2D eigenvalue weighted by Crippen LogP contribution is -2.19. The van der Waals surface area contributed by atoms with Crippen LogP contribution >= 0.6 is 0 Å². The molecule has 1 fully saturated rings. The Morgan fingerprint density at radius 1 is 1.47 bits per heavy atom. The van der Waals surface area contributed by atoms with Crippen LogP contribution < -0.4 is 4.74 Å². The van der Waals surface area contributed by atoms with Crippen LogP contribution in [-0.2, 0) is 17.3 Å². The topological polar surface area (TPSA) is 77.2 Å². The Morgan fingerprint density at radius 2 is 2.16 bits per heavy atom. The maximum atomic E-state index is 11.5. The van der Waals surface area contributed by atoms with Gasteiger partial charge in [-0.3, -0.25) is 4.79 Å². The summed E-state index contributed by atoms with van der Waals surface area (Å²) in [6, 6.07) is 0.277. The molecular formula is C13H15N3O3. The third kappa shape index (κ3) is 1.52. The summed E-state index contributed by atoms with van der Waals surface area (Å²) >= 11 is 0. The molecule has 0 spiro atoms. The van der Waals surface area contributed by atoms with Crippen molar-refractivity contribution in [3.8, 4) is 6.01 Å². The number of hydrogen-bond donors (Lipinski definition) is 1. The first-order chi connectivity index (χ1) is 8.99. The van der Waals surface area contributed by atoms with E-state index < -0.39 is 11.4 Å². The third-order valence-electron chi connectivity index (χ3n) is 3.83. The molecule has 1 aliphatic rings. The van der Waals surface area contributed by atoms with E-state index in [1.807, 2.05) is 24.7 Å². The summed E-state index contributed by atoms with van der Waals surface area (Å²) in [6.45, 7) is 1.87. The number of aromatic nitrogens is 3. The van der Waals surface area contributed by atoms with E-state index >= 15 is 0 Å². The zero-order valence-electron chi connectivity index (χ0n) is 11.1. The molecule has 0 aliphatic heterocycles. The molecule has 0 amide bonds. The smallest absolute Gasteiger partial charge is 0.317 e. The average Bonchev–Trinajstić information content (AvgIpc) is 3.10. The second-order valence-electron chi connectivity index (χ2n) is 5.03. The van der Waals surface area contributed by atoms with Crippen LogP contribution in [0.4, 0.5) is 0 Å². The quantitative estimate of drug-likeness (QED) is 0.903. The Morgan fingerprint density at radius 3 is 2.68 bits per heavy atom. The van der Waals surface area contributed by atoms with Gasteiger partial charge in [-0.15, -0.1) is 0 Å². The fourth-order valence-electron chi connectivity index (χ4n) is 2.64. The van der Waals surface area contributed by atoms with Crippen LogP contribution in [0.25, 0.3) is 11.0 Å². The molecule has 2 aromatic heterocycles. The van der Waals surface area contributed by atoms with E-state index in [9.17, 15) is 9.90 Å². The van der Waals surface area contributed by atoms with Crippen molar-refractivity contribution in [1.29, 1.82) is 0 Å². The predicted molar refractivity (Wildman–Crippen MR) is 68.3 cm³/mol. The van der Waals surface area contributed by atoms with Gasteiger partial charge in [-0.1, -0.05) is 0 Å². The van der Waals surface area contributed by atoms with Gasteiger partial charge in [0.25, 0.3) is 0 Å². The first-order valence-corrected chi connectivity index (χ1v) is 6.11. The number of aryl methyl sites for hydroxylation is 2. The van der Waals surface area contributed by atoms with Gasteiger partial charge in [-0.25, -0.2) is 0 Å². The van der Waals surface area contributed by atoms with E-state index in [1.54, 1.807) is 0 Å². The van der Waals surface area contributed by atoms with Gasteiger partial charge in [0.2, 0.25) is 0 Å². The standard InChI is InChI=1S/C13H15N3O3/c1-7-10-9(15-12(14-7)19-3)8(6-16(10)2)13(4-5-13)11(17)18/h6H,4-5H2,1-3H3,(H,17,18). The Kier molecular flexibility index (Phi) is 2.32. The third-order valence-corrected chi connectivity index (χ3v) is 3.83. The van der Waals surface area contributed by atoms with E-state index in [1.165, 1.54) is 7.11 Å². The number of carboxylic acids is 1. The summed E-state index contributed by atoms with van der Waals surface area (Å²) in [5.41, 5.74) is 2.33. The van der Waals surface area contributed by atoms with Gasteiger partial charge in [0.1, 0.15) is 5.52 Å². The summed E-state index contributed by atoms with van der Waals surface area (Å²) < 4.78 is 6.97. The molecule has 2 aromatic rings. The SMILES string of the molecule is COc1nc(C)c2c(n1)c(C1(C(=O)O)CC1)cn2C. The fourth-order valence-corrected chi connectivity index (χ4v) is 2.64.